The van der Waals surface area contributed by atoms with Crippen LogP contribution < -0.4 is 5.32 Å². The summed E-state index contributed by atoms with van der Waals surface area (Å²) in [6, 6.07) is 3.90. The number of anilines is 1. The van der Waals surface area contributed by atoms with E-state index < -0.39 is 11.7 Å². The van der Waals surface area contributed by atoms with E-state index in [0.717, 1.165) is 17.5 Å². The maximum atomic E-state index is 13.6. The van der Waals surface area contributed by atoms with E-state index in [4.69, 9.17) is 11.6 Å². The molecular weight excluding hydrogens is 301 g/mol. The second-order valence-corrected chi connectivity index (χ2v) is 6.18. The van der Waals surface area contributed by atoms with Crippen LogP contribution in [0.5, 0.6) is 0 Å². The highest BCUT2D eigenvalue weighted by atomic mass is 35.5. The van der Waals surface area contributed by atoms with Gasteiger partial charge in [-0.3, -0.25) is 10.1 Å². The van der Waals surface area contributed by atoms with Gasteiger partial charge in [-0.2, -0.15) is 0 Å². The molecule has 2 aromatic rings. The number of carbonyl (C=O) groups excluding carboxylic acids is 1. The Balaban J connectivity index is 2.09. The molecule has 1 aromatic carbocycles. The summed E-state index contributed by atoms with van der Waals surface area (Å²) in [6.07, 6.45) is 0.794. The number of nitrogens with one attached hydrogen (secondary N) is 1. The highest BCUT2D eigenvalue weighted by Crippen LogP contribution is 2.20. The number of amides is 1. The number of hydrogen-bond donors (Lipinski definition) is 1. The highest BCUT2D eigenvalue weighted by molar-refractivity contribution is 7.15. The van der Waals surface area contributed by atoms with Crippen molar-refractivity contribution in [1.82, 2.24) is 10.2 Å². The largest absolute Gasteiger partial charge is 0.296 e. The maximum Gasteiger partial charge on any atom is 0.260 e. The Morgan fingerprint density at radius 3 is 2.85 bits per heavy atom. The summed E-state index contributed by atoms with van der Waals surface area (Å²) in [5.41, 5.74) is -0.0741. The van der Waals surface area contributed by atoms with Gasteiger partial charge >= 0.3 is 0 Å². The molecule has 1 heterocycles. The lowest BCUT2D eigenvalue weighted by molar-refractivity contribution is 0.102. The molecule has 20 heavy (non-hydrogen) atoms. The minimum atomic E-state index is -0.665. The Morgan fingerprint density at radius 1 is 1.45 bits per heavy atom. The topological polar surface area (TPSA) is 54.9 Å². The number of hydrogen-bond acceptors (Lipinski definition) is 4. The number of nitrogens with zero attached hydrogens (tertiary/aromatic N) is 2. The van der Waals surface area contributed by atoms with Gasteiger partial charge in [0.05, 0.1) is 5.56 Å². The molecule has 0 aliphatic heterocycles. The van der Waals surface area contributed by atoms with Gasteiger partial charge in [-0.1, -0.05) is 36.8 Å². The van der Waals surface area contributed by atoms with Gasteiger partial charge in [-0.25, -0.2) is 4.39 Å². The molecule has 0 aliphatic carbocycles. The van der Waals surface area contributed by atoms with E-state index >= 15 is 0 Å². The molecule has 1 aromatic heterocycles. The van der Waals surface area contributed by atoms with Gasteiger partial charge in [0.25, 0.3) is 5.91 Å². The van der Waals surface area contributed by atoms with Gasteiger partial charge in [0, 0.05) is 11.4 Å². The molecule has 0 spiro atoms. The fraction of sp³-hybridized carbons (Fsp3) is 0.308. The van der Waals surface area contributed by atoms with E-state index in [-0.39, 0.29) is 10.6 Å². The molecule has 0 bridgehead atoms. The predicted molar refractivity (Wildman–Crippen MR) is 77.8 cm³/mol. The standard InChI is InChI=1S/C13H13ClFN3OS/c1-7(2)5-11-17-18-13(20-11)16-12(19)9-4-3-8(14)6-10(9)15/h3-4,6-7H,5H2,1-2H3,(H,16,18,19). The Labute approximate surface area is 125 Å². The maximum absolute atomic E-state index is 13.6. The number of aromatic nitrogens is 2. The first-order chi connectivity index (χ1) is 9.45. The summed E-state index contributed by atoms with van der Waals surface area (Å²) in [7, 11) is 0. The molecule has 0 radical (unpaired) electrons. The van der Waals surface area contributed by atoms with Crippen molar-refractivity contribution in [3.63, 3.8) is 0 Å². The number of rotatable bonds is 4. The number of halogens is 2. The van der Waals surface area contributed by atoms with E-state index in [1.165, 1.54) is 23.5 Å². The van der Waals surface area contributed by atoms with Gasteiger partial charge < -0.3 is 0 Å². The fourth-order valence-corrected chi connectivity index (χ4v) is 2.68. The summed E-state index contributed by atoms with van der Waals surface area (Å²) in [4.78, 5) is 11.9. The first kappa shape index (κ1) is 14.9. The summed E-state index contributed by atoms with van der Waals surface area (Å²) < 4.78 is 13.6. The van der Waals surface area contributed by atoms with Crippen LogP contribution in [-0.4, -0.2) is 16.1 Å². The number of benzene rings is 1. The third-order valence-corrected chi connectivity index (χ3v) is 3.54. The predicted octanol–water partition coefficient (Wildman–Crippen LogP) is 3.78. The average Bonchev–Trinajstić information content (AvgIpc) is 2.75. The van der Waals surface area contributed by atoms with Gasteiger partial charge in [0.2, 0.25) is 5.13 Å². The lowest BCUT2D eigenvalue weighted by Crippen LogP contribution is -2.13. The Kier molecular flexibility index (Phi) is 4.67. The Morgan fingerprint density at radius 2 is 2.20 bits per heavy atom. The normalized spacial score (nSPS) is 10.8. The van der Waals surface area contributed by atoms with E-state index in [9.17, 15) is 9.18 Å². The molecule has 0 aliphatic rings. The first-order valence-electron chi connectivity index (χ1n) is 6.04. The highest BCUT2D eigenvalue weighted by Gasteiger charge is 2.14. The third-order valence-electron chi connectivity index (χ3n) is 2.45. The van der Waals surface area contributed by atoms with Crippen molar-refractivity contribution in [2.24, 2.45) is 5.92 Å². The molecule has 4 nitrogen and oxygen atoms in total. The molecule has 0 saturated heterocycles. The SMILES string of the molecule is CC(C)Cc1nnc(NC(=O)c2ccc(Cl)cc2F)s1. The van der Waals surface area contributed by atoms with Crippen LogP contribution in [0, 0.1) is 11.7 Å². The molecule has 1 amide bonds. The zero-order chi connectivity index (χ0) is 14.7. The summed E-state index contributed by atoms with van der Waals surface area (Å²) in [5.74, 6) is -0.770. The van der Waals surface area contributed by atoms with Crippen molar-refractivity contribution >= 4 is 34.0 Å². The average molecular weight is 314 g/mol. The zero-order valence-electron chi connectivity index (χ0n) is 11.0. The van der Waals surface area contributed by atoms with Gasteiger partial charge in [-0.05, 0) is 24.1 Å². The monoisotopic (exact) mass is 313 g/mol. The molecule has 1 N–H and O–H groups in total. The third kappa shape index (κ3) is 3.74. The van der Waals surface area contributed by atoms with Crippen LogP contribution in [-0.2, 0) is 6.42 Å². The lowest BCUT2D eigenvalue weighted by atomic mass is 10.1. The van der Waals surface area contributed by atoms with Crippen LogP contribution in [0.4, 0.5) is 9.52 Å². The molecular formula is C13H13ClFN3OS. The Bertz CT molecular complexity index is 630. The quantitative estimate of drug-likeness (QED) is 0.934. The second kappa shape index (κ2) is 6.28. The van der Waals surface area contributed by atoms with Crippen LogP contribution in [0.15, 0.2) is 18.2 Å². The van der Waals surface area contributed by atoms with Crippen molar-refractivity contribution < 1.29 is 9.18 Å². The summed E-state index contributed by atoms with van der Waals surface area (Å²) in [5, 5.41) is 11.8. The molecule has 7 heteroatoms. The van der Waals surface area contributed by atoms with Crippen molar-refractivity contribution in [2.75, 3.05) is 5.32 Å². The smallest absolute Gasteiger partial charge is 0.260 e. The van der Waals surface area contributed by atoms with Crippen LogP contribution in [0.2, 0.25) is 5.02 Å². The van der Waals surface area contributed by atoms with Crippen molar-refractivity contribution in [3.8, 4) is 0 Å². The van der Waals surface area contributed by atoms with E-state index in [0.29, 0.717) is 11.0 Å². The van der Waals surface area contributed by atoms with Crippen LogP contribution in [0.3, 0.4) is 0 Å². The lowest BCUT2D eigenvalue weighted by Gasteiger charge is -2.02. The van der Waals surface area contributed by atoms with Crippen LogP contribution in [0.1, 0.15) is 29.2 Å². The zero-order valence-corrected chi connectivity index (χ0v) is 12.6. The van der Waals surface area contributed by atoms with E-state index in [2.05, 4.69) is 29.4 Å². The first-order valence-corrected chi connectivity index (χ1v) is 7.24. The van der Waals surface area contributed by atoms with Crippen LogP contribution in [0.25, 0.3) is 0 Å². The molecule has 0 saturated carbocycles. The summed E-state index contributed by atoms with van der Waals surface area (Å²) in [6.45, 7) is 4.14. The fourth-order valence-electron chi connectivity index (χ4n) is 1.57. The van der Waals surface area contributed by atoms with Crippen molar-refractivity contribution in [1.29, 1.82) is 0 Å². The van der Waals surface area contributed by atoms with Gasteiger partial charge in [0.1, 0.15) is 10.8 Å². The van der Waals surface area contributed by atoms with Gasteiger partial charge in [-0.15, -0.1) is 10.2 Å². The molecule has 0 unspecified atom stereocenters. The molecule has 2 rings (SSSR count). The molecule has 106 valence electrons. The van der Waals surface area contributed by atoms with Crippen LogP contribution >= 0.6 is 22.9 Å². The van der Waals surface area contributed by atoms with Gasteiger partial charge in [0.15, 0.2) is 0 Å². The number of carbonyl (C=O) groups is 1. The minimum absolute atomic E-state index is 0.0741. The Hall–Kier alpha value is -1.53. The summed E-state index contributed by atoms with van der Waals surface area (Å²) >= 11 is 6.93. The second-order valence-electron chi connectivity index (χ2n) is 4.68. The molecule has 0 atom stereocenters. The van der Waals surface area contributed by atoms with E-state index in [1.54, 1.807) is 0 Å². The van der Waals surface area contributed by atoms with Crippen molar-refractivity contribution in [2.45, 2.75) is 20.3 Å². The molecule has 0 fully saturated rings. The van der Waals surface area contributed by atoms with E-state index in [1.807, 2.05) is 0 Å². The van der Waals surface area contributed by atoms with Crippen molar-refractivity contribution in [3.05, 3.63) is 39.6 Å². The minimum Gasteiger partial charge on any atom is -0.296 e.